The molecule has 280 valence electrons. The quantitative estimate of drug-likeness (QED) is 0.129. The fraction of sp³-hybridized carbons (Fsp3) is 0.333. The van der Waals surface area contributed by atoms with Gasteiger partial charge in [0.25, 0.3) is 0 Å². The van der Waals surface area contributed by atoms with Gasteiger partial charge >= 0.3 is 21.1 Å². The molecule has 0 saturated carbocycles. The van der Waals surface area contributed by atoms with E-state index < -0.39 is 0 Å². The summed E-state index contributed by atoms with van der Waals surface area (Å²) in [5.74, 6) is 2.53. The molecule has 0 atom stereocenters. The summed E-state index contributed by atoms with van der Waals surface area (Å²) in [6.45, 7) is 22.3. The Balaban J connectivity index is 0.00000497. The van der Waals surface area contributed by atoms with E-state index in [9.17, 15) is 0 Å². The van der Waals surface area contributed by atoms with E-state index >= 15 is 0 Å². The molecule has 0 aliphatic heterocycles. The van der Waals surface area contributed by atoms with Crippen molar-refractivity contribution < 1.29 is 25.8 Å². The maximum Gasteiger partial charge on any atom is 2.00 e. The zero-order valence-corrected chi connectivity index (χ0v) is 35.7. The minimum Gasteiger partial charge on any atom is -0.509 e. The van der Waals surface area contributed by atoms with E-state index in [1.807, 2.05) is 12.3 Å². The monoisotopic (exact) mass is 895 g/mol. The normalized spacial score (nSPS) is 11.8. The number of rotatable bonds is 10. The predicted molar refractivity (Wildman–Crippen MR) is 220 cm³/mol. The van der Waals surface area contributed by atoms with Crippen LogP contribution in [0.3, 0.4) is 0 Å². The molecule has 0 aliphatic rings. The molecule has 6 heteroatoms. The van der Waals surface area contributed by atoms with Gasteiger partial charge in [-0.25, -0.2) is 4.98 Å². The second-order valence-electron chi connectivity index (χ2n) is 16.0. The Labute approximate surface area is 336 Å². The molecule has 0 spiro atoms. The summed E-state index contributed by atoms with van der Waals surface area (Å²) in [6.07, 6.45) is 5.75. The first-order valence-electron chi connectivity index (χ1n) is 19.2. The van der Waals surface area contributed by atoms with Crippen LogP contribution in [0.25, 0.3) is 44.4 Å². The number of hydrogen-bond acceptors (Lipinski definition) is 3. The molecular formula is C48H52N4OPt. The molecule has 0 fully saturated rings. The molecule has 0 N–H and O–H groups in total. The van der Waals surface area contributed by atoms with E-state index in [0.717, 1.165) is 70.3 Å². The van der Waals surface area contributed by atoms with Gasteiger partial charge < -0.3 is 9.30 Å². The number of aromatic nitrogens is 4. The van der Waals surface area contributed by atoms with Crippen LogP contribution in [0.5, 0.6) is 11.5 Å². The Hall–Kier alpha value is -4.47. The van der Waals surface area contributed by atoms with Gasteiger partial charge in [0.2, 0.25) is 0 Å². The van der Waals surface area contributed by atoms with Crippen LogP contribution < -0.4 is 4.74 Å². The zero-order chi connectivity index (χ0) is 37.6. The summed E-state index contributed by atoms with van der Waals surface area (Å²) in [5.41, 5.74) is 14.0. The number of ether oxygens (including phenoxy) is 1. The molecule has 54 heavy (non-hydrogen) atoms. The Morgan fingerprint density at radius 2 is 1.50 bits per heavy atom. The topological polar surface area (TPSA) is 44.9 Å². The average Bonchev–Trinajstić information content (AvgIpc) is 3.62. The van der Waals surface area contributed by atoms with Crippen LogP contribution in [0, 0.1) is 32.9 Å². The van der Waals surface area contributed by atoms with Crippen LogP contribution in [-0.2, 0) is 39.3 Å². The molecule has 7 rings (SSSR count). The van der Waals surface area contributed by atoms with Gasteiger partial charge in [-0.1, -0.05) is 103 Å². The van der Waals surface area contributed by atoms with Crippen molar-refractivity contribution in [3.63, 3.8) is 0 Å². The third-order valence-electron chi connectivity index (χ3n) is 10.3. The molecule has 0 saturated heterocycles. The number of aryl methyl sites for hydroxylation is 4. The Morgan fingerprint density at radius 3 is 2.19 bits per heavy atom. The van der Waals surface area contributed by atoms with Gasteiger partial charge in [-0.3, -0.25) is 4.68 Å². The summed E-state index contributed by atoms with van der Waals surface area (Å²) in [4.78, 5) is 4.83. The molecular weight excluding hydrogens is 844 g/mol. The van der Waals surface area contributed by atoms with Crippen LogP contribution in [0.2, 0.25) is 0 Å². The van der Waals surface area contributed by atoms with Crippen molar-refractivity contribution >= 4 is 21.8 Å². The zero-order valence-electron chi connectivity index (χ0n) is 33.4. The van der Waals surface area contributed by atoms with E-state index in [0.29, 0.717) is 17.4 Å². The number of nitrogens with zero attached hydrogens (tertiary/aromatic N) is 4. The standard InChI is InChI=1S/C48H52N4O.Pt/c1-11-15-41-47(46-32(6)23-31(5)24-33(46)7)43(16-12-2)52(50-41)36-26-35(48(8,9)10)27-38(28-36)53-37-19-20-40-39-17-13-14-18-42(39)51(44(40)29-37)45-25-34(30(3)4)21-22-49-45;/h13-14,17-27,30H,11-12,15-16H2,1-10H3;/q-2;+2. The molecule has 0 bridgehead atoms. The molecule has 0 aliphatic carbocycles. The van der Waals surface area contributed by atoms with E-state index in [-0.39, 0.29) is 26.5 Å². The van der Waals surface area contributed by atoms with Gasteiger partial charge in [-0.05, 0) is 96.5 Å². The fourth-order valence-electron chi connectivity index (χ4n) is 7.78. The maximum atomic E-state index is 6.77. The molecule has 3 heterocycles. The van der Waals surface area contributed by atoms with Gasteiger partial charge in [0, 0.05) is 34.5 Å². The maximum absolute atomic E-state index is 6.77. The Morgan fingerprint density at radius 1 is 0.778 bits per heavy atom. The summed E-state index contributed by atoms with van der Waals surface area (Å²) >= 11 is 0. The van der Waals surface area contributed by atoms with E-state index in [2.05, 4.69) is 157 Å². The fourth-order valence-corrected chi connectivity index (χ4v) is 7.78. The SMILES string of the molecule is CCCc1nn(-c2[c-]c(Oc3[c-]c4c(cc3)c3ccccc3n4-c3cc(C(C)C)ccn3)cc(C(C)(C)C)c2)c(CCC)c1-c1c(C)cc(C)cc1C.[Pt+2]. The second kappa shape index (κ2) is 15.7. The molecule has 0 amide bonds. The van der Waals surface area contributed by atoms with Gasteiger partial charge in [-0.2, -0.15) is 11.2 Å². The van der Waals surface area contributed by atoms with Crippen molar-refractivity contribution in [3.05, 3.63) is 130 Å². The molecule has 4 aromatic carbocycles. The van der Waals surface area contributed by atoms with Crippen molar-refractivity contribution in [1.29, 1.82) is 0 Å². The van der Waals surface area contributed by atoms with Gasteiger partial charge in [0.05, 0.1) is 5.69 Å². The van der Waals surface area contributed by atoms with Gasteiger partial charge in [0.1, 0.15) is 5.82 Å². The number of para-hydroxylation sites is 1. The van der Waals surface area contributed by atoms with Crippen LogP contribution >= 0.6 is 0 Å². The van der Waals surface area contributed by atoms with E-state index in [4.69, 9.17) is 14.8 Å². The molecule has 0 unspecified atom stereocenters. The van der Waals surface area contributed by atoms with Crippen molar-refractivity contribution in [2.75, 3.05) is 0 Å². The first kappa shape index (κ1) is 39.2. The largest absolute Gasteiger partial charge is 2.00 e. The van der Waals surface area contributed by atoms with Crippen molar-refractivity contribution in [1.82, 2.24) is 19.3 Å². The third-order valence-corrected chi connectivity index (χ3v) is 10.3. The van der Waals surface area contributed by atoms with E-state index in [1.54, 1.807) is 0 Å². The summed E-state index contributed by atoms with van der Waals surface area (Å²) in [5, 5.41) is 7.65. The van der Waals surface area contributed by atoms with Crippen LogP contribution in [0.15, 0.2) is 79.0 Å². The number of hydrogen-bond donors (Lipinski definition) is 0. The van der Waals surface area contributed by atoms with Crippen LogP contribution in [0.1, 0.15) is 106 Å². The molecule has 0 radical (unpaired) electrons. The predicted octanol–water partition coefficient (Wildman–Crippen LogP) is 12.7. The third kappa shape index (κ3) is 7.45. The van der Waals surface area contributed by atoms with Crippen LogP contribution in [-0.4, -0.2) is 19.3 Å². The summed E-state index contributed by atoms with van der Waals surface area (Å²) in [7, 11) is 0. The Bertz CT molecular complexity index is 2440. The average molecular weight is 896 g/mol. The first-order valence-corrected chi connectivity index (χ1v) is 19.2. The van der Waals surface area contributed by atoms with Crippen molar-refractivity contribution in [3.8, 4) is 34.1 Å². The van der Waals surface area contributed by atoms with Gasteiger partial charge in [-0.15, -0.1) is 41.3 Å². The number of benzene rings is 4. The summed E-state index contributed by atoms with van der Waals surface area (Å²) < 4.78 is 11.1. The molecule has 3 aromatic heterocycles. The number of pyridine rings is 1. The molecule has 5 nitrogen and oxygen atoms in total. The van der Waals surface area contributed by atoms with E-state index in [1.165, 1.54) is 39.1 Å². The van der Waals surface area contributed by atoms with Crippen molar-refractivity contribution in [2.24, 2.45) is 0 Å². The molecule has 7 aromatic rings. The Kier molecular flexibility index (Phi) is 11.4. The van der Waals surface area contributed by atoms with Crippen molar-refractivity contribution in [2.45, 2.75) is 106 Å². The minimum absolute atomic E-state index is 0. The van der Waals surface area contributed by atoms with Gasteiger partial charge in [0.15, 0.2) is 0 Å². The smallest absolute Gasteiger partial charge is 0.509 e. The number of fused-ring (bicyclic) bond motifs is 3. The first-order chi connectivity index (χ1) is 25.4. The minimum atomic E-state index is -0.133. The second-order valence-corrected chi connectivity index (χ2v) is 16.0. The summed E-state index contributed by atoms with van der Waals surface area (Å²) in [6, 6.07) is 33.2. The van der Waals surface area contributed by atoms with Crippen LogP contribution in [0.4, 0.5) is 0 Å².